The number of aryl methyl sites for hydroxylation is 1. The van der Waals surface area contributed by atoms with Crippen LogP contribution in [0.2, 0.25) is 0 Å². The second-order valence-electron chi connectivity index (χ2n) is 4.03. The van der Waals surface area contributed by atoms with Crippen molar-refractivity contribution >= 4 is 12.6 Å². The van der Waals surface area contributed by atoms with E-state index in [4.69, 9.17) is 5.26 Å². The molecule has 3 unspecified atom stereocenters. The summed E-state index contributed by atoms with van der Waals surface area (Å²) in [5.74, 6) is 0.245. The normalized spacial score (nSPS) is 30.1. The van der Waals surface area contributed by atoms with Gasteiger partial charge in [0.25, 0.3) is 0 Å². The second-order valence-corrected chi connectivity index (χ2v) is 4.58. The highest BCUT2D eigenvalue weighted by Crippen LogP contribution is 2.34. The summed E-state index contributed by atoms with van der Waals surface area (Å²) in [4.78, 5) is 0. The van der Waals surface area contributed by atoms with Gasteiger partial charge in [-0.25, -0.2) is 0 Å². The van der Waals surface area contributed by atoms with E-state index in [1.54, 1.807) is 0 Å². The second kappa shape index (κ2) is 4.26. The van der Waals surface area contributed by atoms with Gasteiger partial charge in [0.05, 0.1) is 17.4 Å². The monoisotopic (exact) mass is 218 g/mol. The molecule has 15 heavy (non-hydrogen) atoms. The van der Waals surface area contributed by atoms with Crippen LogP contribution in [0.5, 0.6) is 0 Å². The summed E-state index contributed by atoms with van der Waals surface area (Å²) in [6.45, 7) is 2.81. The van der Waals surface area contributed by atoms with Crippen molar-refractivity contribution < 1.29 is 0 Å². The maximum atomic E-state index is 9.05. The van der Waals surface area contributed by atoms with Crippen LogP contribution >= 0.6 is 12.6 Å². The van der Waals surface area contributed by atoms with Gasteiger partial charge >= 0.3 is 0 Å². The molecule has 1 aliphatic rings. The van der Waals surface area contributed by atoms with Gasteiger partial charge in [-0.3, -0.25) is 0 Å². The molecule has 1 N–H and O–H groups in total. The summed E-state index contributed by atoms with van der Waals surface area (Å²) in [5.41, 5.74) is 2.45. The molecule has 3 atom stereocenters. The minimum atomic E-state index is 0.0372. The largest absolute Gasteiger partial charge is 0.304 e. The molecule has 1 saturated heterocycles. The van der Waals surface area contributed by atoms with Crippen LogP contribution in [0.1, 0.15) is 17.0 Å². The number of nitrogens with zero attached hydrogens (tertiary/aromatic N) is 1. The highest BCUT2D eigenvalue weighted by Gasteiger charge is 2.34. The fourth-order valence-electron chi connectivity index (χ4n) is 2.05. The Balaban J connectivity index is 2.29. The molecule has 2 nitrogen and oxygen atoms in total. The van der Waals surface area contributed by atoms with Crippen molar-refractivity contribution in [2.45, 2.75) is 18.2 Å². The summed E-state index contributed by atoms with van der Waals surface area (Å²) in [5, 5.41) is 12.4. The number of rotatable bonds is 1. The summed E-state index contributed by atoms with van der Waals surface area (Å²) >= 11 is 4.48. The maximum absolute atomic E-state index is 9.05. The van der Waals surface area contributed by atoms with Crippen molar-refractivity contribution in [2.24, 2.45) is 5.92 Å². The Hall–Kier alpha value is -0.980. The molecule has 0 aliphatic carbocycles. The number of hydrogen-bond acceptors (Lipinski definition) is 3. The Kier molecular flexibility index (Phi) is 2.99. The first kappa shape index (κ1) is 10.5. The van der Waals surface area contributed by atoms with Crippen LogP contribution in [0, 0.1) is 24.2 Å². The molecule has 2 rings (SSSR count). The van der Waals surface area contributed by atoms with Crippen LogP contribution in [0.15, 0.2) is 24.3 Å². The molecule has 0 bridgehead atoms. The molecule has 3 heteroatoms. The Morgan fingerprint density at radius 2 is 2.07 bits per heavy atom. The van der Waals surface area contributed by atoms with Crippen LogP contribution < -0.4 is 5.32 Å². The molecule has 1 fully saturated rings. The van der Waals surface area contributed by atoms with E-state index in [9.17, 15) is 0 Å². The van der Waals surface area contributed by atoms with Crippen molar-refractivity contribution in [3.63, 3.8) is 0 Å². The van der Waals surface area contributed by atoms with Crippen LogP contribution in [0.3, 0.4) is 0 Å². The number of nitrogens with one attached hydrogen (secondary N) is 1. The van der Waals surface area contributed by atoms with Crippen molar-refractivity contribution in [2.75, 3.05) is 6.54 Å². The third-order valence-corrected chi connectivity index (χ3v) is 3.45. The lowest BCUT2D eigenvalue weighted by Crippen LogP contribution is -2.19. The summed E-state index contributed by atoms with van der Waals surface area (Å²) in [6, 6.07) is 10.7. The highest BCUT2D eigenvalue weighted by atomic mass is 32.1. The lowest BCUT2D eigenvalue weighted by atomic mass is 9.89. The molecule has 0 amide bonds. The molecule has 0 aromatic heterocycles. The van der Waals surface area contributed by atoms with Gasteiger partial charge in [0.1, 0.15) is 0 Å². The summed E-state index contributed by atoms with van der Waals surface area (Å²) in [6.07, 6.45) is 0. The Labute approximate surface area is 95.7 Å². The minimum absolute atomic E-state index is 0.0372. The molecule has 0 radical (unpaired) electrons. The van der Waals surface area contributed by atoms with Crippen molar-refractivity contribution in [3.8, 4) is 6.07 Å². The molecule has 1 aromatic carbocycles. The molecular formula is C12H14N2S. The molecule has 0 saturated carbocycles. The average molecular weight is 218 g/mol. The molecule has 0 spiro atoms. The van der Waals surface area contributed by atoms with E-state index in [0.29, 0.717) is 0 Å². The lowest BCUT2D eigenvalue weighted by Gasteiger charge is -2.17. The lowest BCUT2D eigenvalue weighted by molar-refractivity contribution is 0.631. The average Bonchev–Trinajstić information content (AvgIpc) is 2.61. The predicted molar refractivity (Wildman–Crippen MR) is 63.8 cm³/mol. The van der Waals surface area contributed by atoms with E-state index >= 15 is 0 Å². The zero-order valence-electron chi connectivity index (χ0n) is 8.64. The first-order valence-electron chi connectivity index (χ1n) is 5.10. The van der Waals surface area contributed by atoms with Crippen LogP contribution in [-0.2, 0) is 0 Å². The smallest absolute Gasteiger partial charge is 0.0680 e. The fourth-order valence-corrected chi connectivity index (χ4v) is 2.54. The molecular weight excluding hydrogens is 204 g/mol. The fraction of sp³-hybridized carbons (Fsp3) is 0.417. The van der Waals surface area contributed by atoms with Crippen molar-refractivity contribution in [3.05, 3.63) is 35.4 Å². The highest BCUT2D eigenvalue weighted by molar-refractivity contribution is 7.81. The van der Waals surface area contributed by atoms with Gasteiger partial charge in [0, 0.05) is 12.5 Å². The van der Waals surface area contributed by atoms with Gasteiger partial charge in [0.2, 0.25) is 0 Å². The predicted octanol–water partition coefficient (Wildman–Crippen LogP) is 2.08. The quantitative estimate of drug-likeness (QED) is 0.708. The van der Waals surface area contributed by atoms with Gasteiger partial charge in [-0.15, -0.1) is 0 Å². The summed E-state index contributed by atoms with van der Waals surface area (Å²) in [7, 11) is 0. The zero-order valence-corrected chi connectivity index (χ0v) is 9.54. The van der Waals surface area contributed by atoms with E-state index in [2.05, 4.69) is 55.2 Å². The topological polar surface area (TPSA) is 35.8 Å². The van der Waals surface area contributed by atoms with E-state index in [1.165, 1.54) is 11.1 Å². The third kappa shape index (κ3) is 2.01. The van der Waals surface area contributed by atoms with Crippen LogP contribution in [-0.4, -0.2) is 11.9 Å². The van der Waals surface area contributed by atoms with Crippen LogP contribution in [0.4, 0.5) is 0 Å². The first-order chi connectivity index (χ1) is 7.22. The van der Waals surface area contributed by atoms with Crippen molar-refractivity contribution in [1.82, 2.24) is 5.32 Å². The van der Waals surface area contributed by atoms with Gasteiger partial charge in [-0.2, -0.15) is 17.9 Å². The van der Waals surface area contributed by atoms with E-state index in [1.807, 2.05) is 0 Å². The zero-order chi connectivity index (χ0) is 10.8. The Morgan fingerprint density at radius 3 is 2.67 bits per heavy atom. The van der Waals surface area contributed by atoms with E-state index < -0.39 is 0 Å². The van der Waals surface area contributed by atoms with E-state index in [0.717, 1.165) is 6.54 Å². The van der Waals surface area contributed by atoms with Gasteiger partial charge in [-0.05, 0) is 12.5 Å². The number of hydrogen-bond donors (Lipinski definition) is 2. The SMILES string of the molecule is Cc1ccc(C2C(C#N)CNC2S)cc1. The molecule has 1 heterocycles. The standard InChI is InChI=1S/C12H14N2S/c1-8-2-4-9(5-3-8)11-10(6-13)7-14-12(11)15/h2-5,10-12,14-15H,7H2,1H3. The number of thiol groups is 1. The number of nitriles is 1. The van der Waals surface area contributed by atoms with Gasteiger partial charge < -0.3 is 5.32 Å². The van der Waals surface area contributed by atoms with Gasteiger partial charge in [-0.1, -0.05) is 29.8 Å². The molecule has 1 aliphatic heterocycles. The minimum Gasteiger partial charge on any atom is -0.304 e. The summed E-state index contributed by atoms with van der Waals surface area (Å²) < 4.78 is 0. The Bertz CT molecular complexity index is 380. The number of benzene rings is 1. The Morgan fingerprint density at radius 1 is 1.40 bits per heavy atom. The van der Waals surface area contributed by atoms with E-state index in [-0.39, 0.29) is 17.2 Å². The first-order valence-corrected chi connectivity index (χ1v) is 5.61. The molecule has 1 aromatic rings. The van der Waals surface area contributed by atoms with Crippen molar-refractivity contribution in [1.29, 1.82) is 5.26 Å². The van der Waals surface area contributed by atoms with Gasteiger partial charge in [0.15, 0.2) is 0 Å². The van der Waals surface area contributed by atoms with Crippen LogP contribution in [0.25, 0.3) is 0 Å². The molecule has 78 valence electrons. The maximum Gasteiger partial charge on any atom is 0.0680 e. The third-order valence-electron chi connectivity index (χ3n) is 2.95.